The van der Waals surface area contributed by atoms with Crippen LogP contribution in [0.4, 0.5) is 10.5 Å². The van der Waals surface area contributed by atoms with Crippen molar-refractivity contribution in [1.29, 1.82) is 0 Å². The van der Waals surface area contributed by atoms with Gasteiger partial charge in [0.25, 0.3) is 5.69 Å². The van der Waals surface area contributed by atoms with Crippen LogP contribution >= 0.6 is 0 Å². The summed E-state index contributed by atoms with van der Waals surface area (Å²) in [6.45, 7) is 7.20. The summed E-state index contributed by atoms with van der Waals surface area (Å²) in [4.78, 5) is 33.6. The molecule has 8 rings (SSSR count). The predicted octanol–water partition coefficient (Wildman–Crippen LogP) is 11.4. The lowest BCUT2D eigenvalue weighted by Crippen LogP contribution is -2.70. The van der Waals surface area contributed by atoms with E-state index in [-0.39, 0.29) is 69.5 Å². The summed E-state index contributed by atoms with van der Waals surface area (Å²) in [5, 5.41) is 38.6. The van der Waals surface area contributed by atoms with Gasteiger partial charge >= 0.3 is 6.09 Å². The number of nitrogens with zero attached hydrogens (tertiary/aromatic N) is 3. The number of hydrogen-bond acceptors (Lipinski definition) is 12. The van der Waals surface area contributed by atoms with Gasteiger partial charge < -0.3 is 38.7 Å². The zero-order valence-electron chi connectivity index (χ0n) is 40.4. The second-order valence-electron chi connectivity index (χ2n) is 18.4. The van der Waals surface area contributed by atoms with Crippen LogP contribution in [0.25, 0.3) is 10.8 Å². The Morgan fingerprint density at radius 2 is 1.59 bits per heavy atom. The third-order valence-electron chi connectivity index (χ3n) is 13.8. The Morgan fingerprint density at radius 3 is 2.34 bits per heavy atom. The number of unbranched alkanes of at least 4 members (excludes halogenated alkanes) is 2. The maximum Gasteiger partial charge on any atom is 0.410 e. The fourth-order valence-electron chi connectivity index (χ4n) is 10.6. The van der Waals surface area contributed by atoms with Crippen LogP contribution in [0, 0.1) is 27.9 Å². The molecule has 1 fully saturated rings. The molecule has 374 valence electrons. The largest absolute Gasteiger partial charge is 0.459 e. The number of non-ortho nitro benzene ring substituents is 1. The Balaban J connectivity index is 1.24. The molecule has 2 N–H and O–H groups in total. The second-order valence-corrected chi connectivity index (χ2v) is 18.4. The maximum atomic E-state index is 14.7. The number of rotatable bonds is 25. The van der Waals surface area contributed by atoms with Crippen molar-refractivity contribution in [2.45, 2.75) is 89.3 Å². The molecule has 5 aromatic rings. The average Bonchev–Trinajstić information content (AvgIpc) is 3.39. The van der Waals surface area contributed by atoms with Gasteiger partial charge in [0, 0.05) is 49.8 Å². The van der Waals surface area contributed by atoms with Gasteiger partial charge in [0.15, 0.2) is 0 Å². The van der Waals surface area contributed by atoms with Gasteiger partial charge in [-0.25, -0.2) is 4.79 Å². The summed E-state index contributed by atoms with van der Waals surface area (Å²) in [5.41, 5.74) is 4.08. The van der Waals surface area contributed by atoms with Crippen molar-refractivity contribution < 1.29 is 48.5 Å². The number of fused-ring (bicyclic) bond motifs is 3. The van der Waals surface area contributed by atoms with Crippen molar-refractivity contribution in [3.8, 4) is 17.2 Å². The molecular weight excluding hydrogens is 903 g/mol. The molecule has 5 aromatic carbocycles. The van der Waals surface area contributed by atoms with Crippen molar-refractivity contribution in [2.75, 3.05) is 39.6 Å². The Morgan fingerprint density at radius 1 is 0.873 bits per heavy atom. The van der Waals surface area contributed by atoms with Gasteiger partial charge in [-0.05, 0) is 114 Å². The molecule has 2 aliphatic carbocycles. The Bertz CT molecular complexity index is 2640. The van der Waals surface area contributed by atoms with Gasteiger partial charge in [0.05, 0.1) is 36.4 Å². The number of hydrogen-bond donors (Lipinski definition) is 2. The van der Waals surface area contributed by atoms with Crippen LogP contribution in [0.5, 0.6) is 17.2 Å². The Kier molecular flexibility index (Phi) is 17.5. The minimum absolute atomic E-state index is 0.00589. The molecule has 14 heteroatoms. The molecule has 0 bridgehead atoms. The summed E-state index contributed by atoms with van der Waals surface area (Å²) in [6.07, 6.45) is 8.53. The van der Waals surface area contributed by atoms with Gasteiger partial charge in [-0.2, -0.15) is 0 Å². The molecule has 1 heterocycles. The average molecular weight is 968 g/mol. The molecule has 14 nitrogen and oxygen atoms in total. The molecule has 3 aliphatic rings. The SMILES string of the molecule is C=CCO[C@@]12Oc3ccc(Oc4ccc5ccccc5c4)cc3[C@H]3[C@H](CCCCO)[C@@H](CCCCO)C=C(C(=NOCc4ccc([N+](=O)[O-])cc4)C[C@@H]1N(CCC)C(=O)OCCOCc1ccccc1)[C@H]32. The monoisotopic (exact) mass is 967 g/mol. The highest BCUT2D eigenvalue weighted by molar-refractivity contribution is 6.03. The lowest BCUT2D eigenvalue weighted by atomic mass is 9.55. The number of ether oxygens (including phenoxy) is 5. The minimum Gasteiger partial charge on any atom is -0.459 e. The summed E-state index contributed by atoms with van der Waals surface area (Å²) < 4.78 is 33.1. The lowest BCUT2D eigenvalue weighted by molar-refractivity contribution is -0.384. The number of carbonyl (C=O) groups is 1. The third-order valence-corrected chi connectivity index (χ3v) is 13.8. The lowest BCUT2D eigenvalue weighted by Gasteiger charge is -2.59. The summed E-state index contributed by atoms with van der Waals surface area (Å²) in [5.74, 6) is -0.409. The van der Waals surface area contributed by atoms with Gasteiger partial charge in [-0.3, -0.25) is 15.0 Å². The quantitative estimate of drug-likeness (QED) is 0.0247. The molecule has 1 saturated carbocycles. The zero-order chi connectivity index (χ0) is 49.6. The smallest absolute Gasteiger partial charge is 0.410 e. The molecule has 0 unspecified atom stereocenters. The first-order valence-corrected chi connectivity index (χ1v) is 24.9. The Hall–Kier alpha value is -6.58. The predicted molar refractivity (Wildman–Crippen MR) is 271 cm³/mol. The number of amides is 1. The van der Waals surface area contributed by atoms with Gasteiger partial charge in [0.2, 0.25) is 5.79 Å². The molecular formula is C57H65N3O11. The van der Waals surface area contributed by atoms with Crippen LogP contribution in [0.1, 0.15) is 80.9 Å². The molecule has 0 spiro atoms. The van der Waals surface area contributed by atoms with Crippen molar-refractivity contribution in [3.63, 3.8) is 0 Å². The number of carbonyl (C=O) groups excluding carboxylic acids is 1. The summed E-state index contributed by atoms with van der Waals surface area (Å²) in [7, 11) is 0. The number of oxime groups is 1. The number of allylic oxidation sites excluding steroid dienone is 1. The summed E-state index contributed by atoms with van der Waals surface area (Å²) >= 11 is 0. The third kappa shape index (κ3) is 12.0. The highest BCUT2D eigenvalue weighted by Gasteiger charge is 2.65. The van der Waals surface area contributed by atoms with Crippen LogP contribution in [-0.4, -0.2) is 83.2 Å². The first-order chi connectivity index (χ1) is 34.8. The van der Waals surface area contributed by atoms with Crippen LogP contribution < -0.4 is 9.47 Å². The molecule has 0 aromatic heterocycles. The maximum absolute atomic E-state index is 14.7. The zero-order valence-corrected chi connectivity index (χ0v) is 40.4. The molecule has 71 heavy (non-hydrogen) atoms. The molecule has 0 radical (unpaired) electrons. The first-order valence-electron chi connectivity index (χ1n) is 24.9. The van der Waals surface area contributed by atoms with Gasteiger partial charge in [-0.15, -0.1) is 6.58 Å². The van der Waals surface area contributed by atoms with Crippen LogP contribution in [0.15, 0.2) is 145 Å². The van der Waals surface area contributed by atoms with Crippen LogP contribution in [0.3, 0.4) is 0 Å². The fraction of sp³-hybridized carbons (Fsp3) is 0.404. The first kappa shape index (κ1) is 50.8. The molecule has 6 atom stereocenters. The molecule has 1 aliphatic heterocycles. The van der Waals surface area contributed by atoms with Crippen molar-refractivity contribution in [2.24, 2.45) is 22.9 Å². The van der Waals surface area contributed by atoms with E-state index >= 15 is 0 Å². The normalized spacial score (nSPS) is 21.6. The van der Waals surface area contributed by atoms with E-state index in [1.807, 2.05) is 79.7 Å². The highest BCUT2D eigenvalue weighted by Crippen LogP contribution is 2.62. The molecule has 1 amide bonds. The fourth-order valence-corrected chi connectivity index (χ4v) is 10.6. The number of aliphatic hydroxyl groups is 2. The Labute approximate surface area is 415 Å². The second kappa shape index (κ2) is 24.5. The topological polar surface area (TPSA) is 172 Å². The van der Waals surface area contributed by atoms with Crippen LogP contribution in [-0.2, 0) is 32.3 Å². The number of benzene rings is 5. The van der Waals surface area contributed by atoms with E-state index in [0.717, 1.165) is 53.2 Å². The van der Waals surface area contributed by atoms with Crippen LogP contribution in [0.2, 0.25) is 0 Å². The molecule has 0 saturated heterocycles. The number of nitro benzene ring substituents is 1. The number of nitro groups is 1. The van der Waals surface area contributed by atoms with Crippen molar-refractivity contribution >= 4 is 28.3 Å². The van der Waals surface area contributed by atoms with Crippen molar-refractivity contribution in [1.82, 2.24) is 4.90 Å². The van der Waals surface area contributed by atoms with E-state index in [9.17, 15) is 25.1 Å². The van der Waals surface area contributed by atoms with Gasteiger partial charge in [0.1, 0.15) is 36.5 Å². The van der Waals surface area contributed by atoms with E-state index in [2.05, 4.69) is 30.9 Å². The van der Waals surface area contributed by atoms with Gasteiger partial charge in [-0.1, -0.05) is 97.7 Å². The minimum atomic E-state index is -1.49. The van der Waals surface area contributed by atoms with E-state index in [0.29, 0.717) is 60.9 Å². The van der Waals surface area contributed by atoms with E-state index < -0.39 is 28.8 Å². The van der Waals surface area contributed by atoms with Crippen molar-refractivity contribution in [3.05, 3.63) is 166 Å². The van der Waals surface area contributed by atoms with E-state index in [1.54, 1.807) is 23.1 Å². The van der Waals surface area contributed by atoms with E-state index in [4.69, 9.17) is 33.7 Å². The summed E-state index contributed by atoms with van der Waals surface area (Å²) in [6, 6.07) is 35.2. The highest BCUT2D eigenvalue weighted by atomic mass is 16.7. The standard InChI is InChI=1S/C57H65N3O11/c1-3-28-59(56(63)67-33-32-66-38-40-14-6-5-7-15-40)53-37-51(58-69-39-41-20-23-45(24-21-41)60(64)65)49-35-44(18-10-12-29-61)48(19-11-13-30-62)54-50-36-47(70-46-25-22-42-16-8-9-17-43(42)34-46)26-27-52(50)71-57(53,55(49)54)68-31-4-2/h4-9,14-17,20-27,34-36,44,48,53-55,61-62H,2-3,10-13,18-19,28-33,37-39H2,1H3/t44-,48+,53-,54+,55+,57+/m0/s1. The number of aliphatic hydroxyl groups excluding tert-OH is 2. The van der Waals surface area contributed by atoms with E-state index in [1.165, 1.54) is 12.1 Å².